The molecule has 3 nitrogen and oxygen atoms in total. The van der Waals surface area contributed by atoms with E-state index in [2.05, 4.69) is 5.32 Å². The van der Waals surface area contributed by atoms with Crippen LogP contribution in [-0.2, 0) is 9.53 Å². The van der Waals surface area contributed by atoms with Gasteiger partial charge in [-0.05, 0) is 38.6 Å². The molecule has 6 heteroatoms. The van der Waals surface area contributed by atoms with E-state index in [0.29, 0.717) is 13.0 Å². The highest BCUT2D eigenvalue weighted by Crippen LogP contribution is 2.34. The molecule has 1 saturated heterocycles. The number of ether oxygens (including phenoxy) is 1. The first-order valence-corrected chi connectivity index (χ1v) is 7.29. The highest BCUT2D eigenvalue weighted by molar-refractivity contribution is 5.73. The molecule has 21 heavy (non-hydrogen) atoms. The van der Waals surface area contributed by atoms with Crippen LogP contribution in [0.1, 0.15) is 26.2 Å². The third-order valence-electron chi connectivity index (χ3n) is 4.02. The molecule has 1 N–H and O–H groups in total. The van der Waals surface area contributed by atoms with Gasteiger partial charge in [-0.2, -0.15) is 13.2 Å². The van der Waals surface area contributed by atoms with E-state index >= 15 is 0 Å². The highest BCUT2D eigenvalue weighted by atomic mass is 19.4. The SMILES string of the molecule is CCOC(=O)[C@H]1CCCN[C@H]1C1C=CC(C(F)(F)F)=CC1. The molecule has 0 bridgehead atoms. The van der Waals surface area contributed by atoms with Gasteiger partial charge in [-0.3, -0.25) is 4.79 Å². The van der Waals surface area contributed by atoms with Gasteiger partial charge in [0.1, 0.15) is 0 Å². The van der Waals surface area contributed by atoms with Crippen molar-refractivity contribution >= 4 is 5.97 Å². The predicted molar refractivity (Wildman–Crippen MR) is 72.5 cm³/mol. The molecule has 0 aromatic carbocycles. The van der Waals surface area contributed by atoms with Gasteiger partial charge in [0.2, 0.25) is 0 Å². The van der Waals surface area contributed by atoms with Crippen LogP contribution in [0.4, 0.5) is 13.2 Å². The summed E-state index contributed by atoms with van der Waals surface area (Å²) in [5, 5.41) is 3.27. The van der Waals surface area contributed by atoms with Crippen molar-refractivity contribution in [2.75, 3.05) is 13.2 Å². The van der Waals surface area contributed by atoms with Crippen LogP contribution in [0.5, 0.6) is 0 Å². The van der Waals surface area contributed by atoms with Crippen LogP contribution >= 0.6 is 0 Å². The standard InChI is InChI=1S/C15H20F3NO2/c1-2-21-14(20)12-4-3-9-19-13(12)10-5-7-11(8-6-10)15(16,17)18/h5,7-8,10,12-13,19H,2-4,6,9H2,1H3/t10?,12-,13-/m0/s1. The van der Waals surface area contributed by atoms with Gasteiger partial charge in [0.15, 0.2) is 0 Å². The molecule has 1 unspecified atom stereocenters. The number of allylic oxidation sites excluding steroid dienone is 3. The van der Waals surface area contributed by atoms with Crippen LogP contribution in [0.25, 0.3) is 0 Å². The molecule has 118 valence electrons. The van der Waals surface area contributed by atoms with E-state index in [4.69, 9.17) is 4.74 Å². The molecule has 3 atom stereocenters. The van der Waals surface area contributed by atoms with Crippen molar-refractivity contribution in [1.29, 1.82) is 0 Å². The van der Waals surface area contributed by atoms with Crippen molar-refractivity contribution in [1.82, 2.24) is 5.32 Å². The van der Waals surface area contributed by atoms with Gasteiger partial charge in [0, 0.05) is 6.04 Å². The largest absolute Gasteiger partial charge is 0.466 e. The average molecular weight is 303 g/mol. The summed E-state index contributed by atoms with van der Waals surface area (Å²) in [6.07, 6.45) is 1.48. The molecule has 1 fully saturated rings. The molecule has 1 heterocycles. The molecule has 1 aliphatic heterocycles. The second kappa shape index (κ2) is 6.64. The van der Waals surface area contributed by atoms with Gasteiger partial charge in [0.25, 0.3) is 0 Å². The molecule has 0 radical (unpaired) electrons. The maximum atomic E-state index is 12.6. The predicted octanol–water partition coefficient (Wildman–Crippen LogP) is 2.98. The number of carbonyl (C=O) groups is 1. The fourth-order valence-corrected chi connectivity index (χ4v) is 2.99. The third-order valence-corrected chi connectivity index (χ3v) is 4.02. The van der Waals surface area contributed by atoms with Crippen LogP contribution in [0, 0.1) is 11.8 Å². The molecular weight excluding hydrogens is 283 g/mol. The van der Waals surface area contributed by atoms with Crippen LogP contribution in [0.15, 0.2) is 23.8 Å². The molecule has 1 aliphatic carbocycles. The van der Waals surface area contributed by atoms with Crippen molar-refractivity contribution in [3.63, 3.8) is 0 Å². The lowest BCUT2D eigenvalue weighted by atomic mass is 9.79. The van der Waals surface area contributed by atoms with Crippen molar-refractivity contribution in [3.05, 3.63) is 23.8 Å². The fraction of sp³-hybridized carbons (Fsp3) is 0.667. The number of carbonyl (C=O) groups excluding carboxylic acids is 1. The van der Waals surface area contributed by atoms with Crippen molar-refractivity contribution in [3.8, 4) is 0 Å². The molecule has 0 amide bonds. The van der Waals surface area contributed by atoms with Gasteiger partial charge >= 0.3 is 12.1 Å². The maximum Gasteiger partial charge on any atom is 0.416 e. The Morgan fingerprint density at radius 3 is 2.81 bits per heavy atom. The number of rotatable bonds is 3. The smallest absolute Gasteiger partial charge is 0.416 e. The Hall–Kier alpha value is -1.30. The number of piperidine rings is 1. The number of hydrogen-bond donors (Lipinski definition) is 1. The first-order chi connectivity index (χ1) is 9.93. The average Bonchev–Trinajstić information content (AvgIpc) is 2.47. The molecule has 2 rings (SSSR count). The van der Waals surface area contributed by atoms with Gasteiger partial charge in [0.05, 0.1) is 18.1 Å². The summed E-state index contributed by atoms with van der Waals surface area (Å²) in [5.74, 6) is -0.645. The van der Waals surface area contributed by atoms with Crippen LogP contribution < -0.4 is 5.32 Å². The normalized spacial score (nSPS) is 29.9. The van der Waals surface area contributed by atoms with Crippen LogP contribution in [-0.4, -0.2) is 31.3 Å². The Kier molecular flexibility index (Phi) is 5.08. The van der Waals surface area contributed by atoms with E-state index in [1.807, 2.05) is 0 Å². The van der Waals surface area contributed by atoms with Crippen LogP contribution in [0.3, 0.4) is 0 Å². The van der Waals surface area contributed by atoms with E-state index in [9.17, 15) is 18.0 Å². The second-order valence-electron chi connectivity index (χ2n) is 5.40. The van der Waals surface area contributed by atoms with Gasteiger partial charge in [-0.25, -0.2) is 0 Å². The highest BCUT2D eigenvalue weighted by Gasteiger charge is 2.38. The number of halogens is 3. The summed E-state index contributed by atoms with van der Waals surface area (Å²) >= 11 is 0. The Labute approximate surface area is 122 Å². The summed E-state index contributed by atoms with van der Waals surface area (Å²) in [6.45, 7) is 2.85. The third kappa shape index (κ3) is 3.87. The number of hydrogen-bond acceptors (Lipinski definition) is 3. The summed E-state index contributed by atoms with van der Waals surface area (Å²) in [5.41, 5.74) is -0.609. The second-order valence-corrected chi connectivity index (χ2v) is 5.40. The zero-order valence-electron chi connectivity index (χ0n) is 12.0. The lowest BCUT2D eigenvalue weighted by Crippen LogP contribution is -2.49. The summed E-state index contributed by atoms with van der Waals surface area (Å²) < 4.78 is 42.9. The van der Waals surface area contributed by atoms with Crippen molar-refractivity contribution in [2.45, 2.75) is 38.4 Å². The van der Waals surface area contributed by atoms with Gasteiger partial charge in [-0.15, -0.1) is 0 Å². The molecule has 0 saturated carbocycles. The summed E-state index contributed by atoms with van der Waals surface area (Å²) in [4.78, 5) is 12.0. The summed E-state index contributed by atoms with van der Waals surface area (Å²) in [7, 11) is 0. The van der Waals surface area contributed by atoms with E-state index in [-0.39, 0.29) is 23.8 Å². The van der Waals surface area contributed by atoms with E-state index in [0.717, 1.165) is 25.5 Å². The zero-order valence-corrected chi connectivity index (χ0v) is 12.0. The first-order valence-electron chi connectivity index (χ1n) is 7.29. The van der Waals surface area contributed by atoms with E-state index < -0.39 is 11.7 Å². The Bertz CT molecular complexity index is 443. The van der Waals surface area contributed by atoms with E-state index in [1.54, 1.807) is 13.0 Å². The molecule has 0 aromatic rings. The lowest BCUT2D eigenvalue weighted by molar-refractivity contribution is -0.150. The maximum absolute atomic E-state index is 12.6. The molecule has 0 spiro atoms. The minimum Gasteiger partial charge on any atom is -0.466 e. The zero-order chi connectivity index (χ0) is 15.5. The topological polar surface area (TPSA) is 38.3 Å². The number of nitrogens with one attached hydrogen (secondary N) is 1. The number of alkyl halides is 3. The summed E-state index contributed by atoms with van der Waals surface area (Å²) in [6, 6.07) is -0.153. The van der Waals surface area contributed by atoms with Gasteiger partial charge in [-0.1, -0.05) is 18.2 Å². The Morgan fingerprint density at radius 1 is 1.48 bits per heavy atom. The minimum atomic E-state index is -4.30. The van der Waals surface area contributed by atoms with Crippen molar-refractivity contribution in [2.24, 2.45) is 11.8 Å². The minimum absolute atomic E-state index is 0.106. The first kappa shape index (κ1) is 16.1. The molecular formula is C15H20F3NO2. The number of esters is 1. The van der Waals surface area contributed by atoms with Gasteiger partial charge < -0.3 is 10.1 Å². The Morgan fingerprint density at radius 2 is 2.24 bits per heavy atom. The lowest BCUT2D eigenvalue weighted by Gasteiger charge is -2.36. The molecule has 2 aliphatic rings. The van der Waals surface area contributed by atoms with Crippen molar-refractivity contribution < 1.29 is 22.7 Å². The molecule has 0 aromatic heterocycles. The fourth-order valence-electron chi connectivity index (χ4n) is 2.99. The van der Waals surface area contributed by atoms with Crippen LogP contribution in [0.2, 0.25) is 0 Å². The Balaban J connectivity index is 2.05. The quantitative estimate of drug-likeness (QED) is 0.815. The van der Waals surface area contributed by atoms with E-state index in [1.165, 1.54) is 6.08 Å². The monoisotopic (exact) mass is 303 g/mol.